The molecule has 21 heavy (non-hydrogen) atoms. The first-order chi connectivity index (χ1) is 10.3. The van der Waals surface area contributed by atoms with E-state index >= 15 is 0 Å². The molecule has 4 nitrogen and oxygen atoms in total. The molecule has 0 bridgehead atoms. The normalized spacial score (nSPS) is 15.0. The molecule has 1 aliphatic heterocycles. The van der Waals surface area contributed by atoms with E-state index in [4.69, 9.17) is 9.15 Å². The zero-order chi connectivity index (χ0) is 14.5. The molecular weight excluding hydrogens is 264 g/mol. The molecule has 1 saturated heterocycles. The molecule has 2 heterocycles. The van der Waals surface area contributed by atoms with Gasteiger partial charge in [-0.2, -0.15) is 0 Å². The third-order valence-electron chi connectivity index (χ3n) is 3.68. The highest BCUT2D eigenvalue weighted by Gasteiger charge is 2.14. The summed E-state index contributed by atoms with van der Waals surface area (Å²) in [5, 5.41) is 0. The Bertz CT molecular complexity index is 596. The highest BCUT2D eigenvalue weighted by molar-refractivity contribution is 5.76. The first-order valence-electron chi connectivity index (χ1n) is 7.33. The van der Waals surface area contributed by atoms with Crippen LogP contribution in [0, 0.1) is 0 Å². The second-order valence-electron chi connectivity index (χ2n) is 5.19. The second kappa shape index (κ2) is 6.48. The topological polar surface area (TPSA) is 38.0 Å². The molecular formula is C17H20N2O2. The van der Waals surface area contributed by atoms with Crippen LogP contribution >= 0.6 is 0 Å². The number of anilines is 1. The fourth-order valence-corrected chi connectivity index (χ4v) is 2.49. The lowest BCUT2D eigenvalue weighted by molar-refractivity contribution is 0.414. The van der Waals surface area contributed by atoms with E-state index in [-0.39, 0.29) is 0 Å². The molecule has 1 aromatic carbocycles. The van der Waals surface area contributed by atoms with Crippen molar-refractivity contribution in [3.63, 3.8) is 0 Å². The molecule has 0 saturated carbocycles. The molecule has 0 atom stereocenters. The van der Waals surface area contributed by atoms with Gasteiger partial charge in [-0.15, -0.1) is 0 Å². The average Bonchev–Trinajstić information content (AvgIpc) is 3.19. The van der Waals surface area contributed by atoms with Crippen LogP contribution in [0.1, 0.15) is 24.2 Å². The molecule has 0 amide bonds. The van der Waals surface area contributed by atoms with Gasteiger partial charge in [0.15, 0.2) is 5.88 Å². The molecule has 1 aliphatic rings. The highest BCUT2D eigenvalue weighted by atomic mass is 16.5. The van der Waals surface area contributed by atoms with Gasteiger partial charge < -0.3 is 14.1 Å². The molecule has 0 unspecified atom stereocenters. The van der Waals surface area contributed by atoms with E-state index in [0.717, 1.165) is 36.0 Å². The van der Waals surface area contributed by atoms with E-state index in [1.807, 2.05) is 36.4 Å². The molecule has 2 aromatic rings. The number of aliphatic imine (C=N–C) groups is 1. The fraction of sp³-hybridized carbons (Fsp3) is 0.353. The summed E-state index contributed by atoms with van der Waals surface area (Å²) < 4.78 is 10.9. The third-order valence-corrected chi connectivity index (χ3v) is 3.68. The summed E-state index contributed by atoms with van der Waals surface area (Å²) in [5.41, 5.74) is 1.15. The number of rotatable bonds is 5. The van der Waals surface area contributed by atoms with Gasteiger partial charge in [-0.05, 0) is 36.6 Å². The molecule has 1 fully saturated rings. The van der Waals surface area contributed by atoms with Crippen LogP contribution in [0.5, 0.6) is 5.75 Å². The summed E-state index contributed by atoms with van der Waals surface area (Å²) >= 11 is 0. The van der Waals surface area contributed by atoms with Crippen LogP contribution in [0.25, 0.3) is 0 Å². The van der Waals surface area contributed by atoms with Gasteiger partial charge in [-0.3, -0.25) is 4.99 Å². The minimum atomic E-state index is 0.643. The van der Waals surface area contributed by atoms with Crippen LogP contribution in [0.2, 0.25) is 0 Å². The van der Waals surface area contributed by atoms with Crippen molar-refractivity contribution in [2.24, 2.45) is 4.99 Å². The number of hydrogen-bond donors (Lipinski definition) is 0. The zero-order valence-corrected chi connectivity index (χ0v) is 12.3. The molecule has 0 aliphatic carbocycles. The zero-order valence-electron chi connectivity index (χ0n) is 12.3. The van der Waals surface area contributed by atoms with Gasteiger partial charge in [0.05, 0.1) is 19.9 Å². The average molecular weight is 284 g/mol. The SMILES string of the molecule is COc1ccc(CN=Cc2ccc(N3CCCC3)o2)cc1. The number of nitrogens with zero attached hydrogens (tertiary/aromatic N) is 2. The molecule has 0 spiro atoms. The molecule has 4 heteroatoms. The maximum atomic E-state index is 5.80. The van der Waals surface area contributed by atoms with Crippen molar-refractivity contribution >= 4 is 12.1 Å². The van der Waals surface area contributed by atoms with Gasteiger partial charge in [0, 0.05) is 19.2 Å². The van der Waals surface area contributed by atoms with Crippen LogP contribution in [0.4, 0.5) is 5.88 Å². The van der Waals surface area contributed by atoms with Crippen molar-refractivity contribution in [2.45, 2.75) is 19.4 Å². The van der Waals surface area contributed by atoms with Crippen LogP contribution < -0.4 is 9.64 Å². The number of ether oxygens (including phenoxy) is 1. The van der Waals surface area contributed by atoms with Crippen LogP contribution in [0.15, 0.2) is 45.8 Å². The smallest absolute Gasteiger partial charge is 0.196 e. The van der Waals surface area contributed by atoms with Gasteiger partial charge in [0.25, 0.3) is 0 Å². The van der Waals surface area contributed by atoms with Gasteiger partial charge in [0.1, 0.15) is 11.5 Å². The van der Waals surface area contributed by atoms with Gasteiger partial charge in [-0.1, -0.05) is 12.1 Å². The standard InChI is InChI=1S/C17H20N2O2/c1-20-15-6-4-14(5-7-15)12-18-13-16-8-9-17(21-16)19-10-2-3-11-19/h4-9,13H,2-3,10-12H2,1H3. The number of furan rings is 1. The van der Waals surface area contributed by atoms with E-state index in [1.54, 1.807) is 13.3 Å². The van der Waals surface area contributed by atoms with E-state index in [0.29, 0.717) is 6.54 Å². The van der Waals surface area contributed by atoms with E-state index in [2.05, 4.69) is 9.89 Å². The minimum absolute atomic E-state index is 0.643. The Hall–Kier alpha value is -2.23. The number of hydrogen-bond acceptors (Lipinski definition) is 4. The molecule has 0 N–H and O–H groups in total. The van der Waals surface area contributed by atoms with Gasteiger partial charge >= 0.3 is 0 Å². The predicted octanol–water partition coefficient (Wildman–Crippen LogP) is 3.51. The maximum absolute atomic E-state index is 5.80. The number of methoxy groups -OCH3 is 1. The first kappa shape index (κ1) is 13.7. The quantitative estimate of drug-likeness (QED) is 0.789. The Morgan fingerprint density at radius 3 is 2.62 bits per heavy atom. The Morgan fingerprint density at radius 2 is 1.90 bits per heavy atom. The Morgan fingerprint density at radius 1 is 1.14 bits per heavy atom. The van der Waals surface area contributed by atoms with Crippen LogP contribution in [0.3, 0.4) is 0 Å². The van der Waals surface area contributed by atoms with E-state index < -0.39 is 0 Å². The van der Waals surface area contributed by atoms with Crippen molar-refractivity contribution in [3.05, 3.63) is 47.7 Å². The predicted molar refractivity (Wildman–Crippen MR) is 84.4 cm³/mol. The molecule has 1 aromatic heterocycles. The monoisotopic (exact) mass is 284 g/mol. The third kappa shape index (κ3) is 3.45. The summed E-state index contributed by atoms with van der Waals surface area (Å²) in [4.78, 5) is 6.71. The van der Waals surface area contributed by atoms with E-state index in [9.17, 15) is 0 Å². The van der Waals surface area contributed by atoms with Crippen LogP contribution in [-0.4, -0.2) is 26.4 Å². The van der Waals surface area contributed by atoms with Crippen molar-refractivity contribution in [1.29, 1.82) is 0 Å². The maximum Gasteiger partial charge on any atom is 0.196 e. The molecule has 110 valence electrons. The van der Waals surface area contributed by atoms with E-state index in [1.165, 1.54) is 12.8 Å². The summed E-state index contributed by atoms with van der Waals surface area (Å²) in [6.45, 7) is 2.83. The minimum Gasteiger partial charge on any atom is -0.497 e. The first-order valence-corrected chi connectivity index (χ1v) is 7.33. The lowest BCUT2D eigenvalue weighted by atomic mass is 10.2. The fourth-order valence-electron chi connectivity index (χ4n) is 2.49. The second-order valence-corrected chi connectivity index (χ2v) is 5.19. The lowest BCUT2D eigenvalue weighted by Crippen LogP contribution is -2.16. The van der Waals surface area contributed by atoms with Crippen molar-refractivity contribution < 1.29 is 9.15 Å². The number of benzene rings is 1. The summed E-state index contributed by atoms with van der Waals surface area (Å²) in [5.74, 6) is 2.63. The van der Waals surface area contributed by atoms with Crippen LogP contribution in [-0.2, 0) is 6.54 Å². The Labute approximate surface area is 125 Å². The van der Waals surface area contributed by atoms with Gasteiger partial charge in [-0.25, -0.2) is 0 Å². The lowest BCUT2D eigenvalue weighted by Gasteiger charge is -2.12. The summed E-state index contributed by atoms with van der Waals surface area (Å²) in [6, 6.07) is 11.9. The molecule has 0 radical (unpaired) electrons. The van der Waals surface area contributed by atoms with Crippen molar-refractivity contribution in [3.8, 4) is 5.75 Å². The Balaban J connectivity index is 1.57. The highest BCUT2D eigenvalue weighted by Crippen LogP contribution is 2.22. The van der Waals surface area contributed by atoms with Gasteiger partial charge in [0.2, 0.25) is 0 Å². The summed E-state index contributed by atoms with van der Waals surface area (Å²) in [6.07, 6.45) is 4.30. The Kier molecular flexibility index (Phi) is 4.24. The molecule has 3 rings (SSSR count). The van der Waals surface area contributed by atoms with Crippen molar-refractivity contribution in [2.75, 3.05) is 25.1 Å². The van der Waals surface area contributed by atoms with Crippen molar-refractivity contribution in [1.82, 2.24) is 0 Å². The largest absolute Gasteiger partial charge is 0.497 e. The summed E-state index contributed by atoms with van der Waals surface area (Å²) in [7, 11) is 1.67.